The topological polar surface area (TPSA) is 40.5 Å². The van der Waals surface area contributed by atoms with Crippen molar-refractivity contribution in [2.45, 2.75) is 69.5 Å². The molecule has 0 aromatic carbocycles. The van der Waals surface area contributed by atoms with Gasteiger partial charge >= 0.3 is 0 Å². The van der Waals surface area contributed by atoms with Crippen LogP contribution in [0.15, 0.2) is 0 Å². The fraction of sp³-hybridized carbons (Fsp3) is 1.00. The third-order valence-corrected chi connectivity index (χ3v) is 6.11. The summed E-state index contributed by atoms with van der Waals surface area (Å²) in [7, 11) is 3.64. The van der Waals surface area contributed by atoms with E-state index >= 15 is 0 Å². The maximum absolute atomic E-state index is 9.63. The van der Waals surface area contributed by atoms with E-state index in [1.165, 1.54) is 0 Å². The van der Waals surface area contributed by atoms with Crippen LogP contribution in [0.5, 0.6) is 0 Å². The zero-order valence-corrected chi connectivity index (χ0v) is 12.3. The molecule has 0 rings (SSSR count). The smallest absolute Gasteiger partial charge is 0.0639 e. The maximum Gasteiger partial charge on any atom is 0.0639 e. The van der Waals surface area contributed by atoms with Crippen LogP contribution >= 0.6 is 21.6 Å². The highest BCUT2D eigenvalue weighted by atomic mass is 33.1. The minimum atomic E-state index is -0.242. The molecule has 98 valence electrons. The van der Waals surface area contributed by atoms with Gasteiger partial charge in [-0.3, -0.25) is 0 Å². The predicted octanol–water partition coefficient (Wildman–Crippen LogP) is 3.47. The molecule has 0 saturated carbocycles. The highest BCUT2D eigenvalue weighted by molar-refractivity contribution is 8.77. The van der Waals surface area contributed by atoms with E-state index in [1.807, 2.05) is 17.7 Å². The molecule has 0 aromatic heterocycles. The van der Waals surface area contributed by atoms with Crippen LogP contribution in [-0.4, -0.2) is 33.4 Å². The number of aliphatic hydroxyl groups excluding tert-OH is 2. The molecule has 2 N–H and O–H groups in total. The van der Waals surface area contributed by atoms with E-state index in [4.69, 9.17) is 5.11 Å². The van der Waals surface area contributed by atoms with Crippen molar-refractivity contribution in [2.75, 3.05) is 6.61 Å². The molecular formula is C12H26O2S2. The quantitative estimate of drug-likeness (QED) is 0.594. The van der Waals surface area contributed by atoms with E-state index in [0.29, 0.717) is 10.5 Å². The molecule has 0 aliphatic rings. The van der Waals surface area contributed by atoms with Crippen LogP contribution in [0.2, 0.25) is 0 Å². The van der Waals surface area contributed by atoms with Gasteiger partial charge in [0.25, 0.3) is 0 Å². The van der Waals surface area contributed by atoms with E-state index in [-0.39, 0.29) is 12.7 Å². The van der Waals surface area contributed by atoms with Crippen LogP contribution < -0.4 is 0 Å². The Hall–Kier alpha value is 0.620. The number of hydrogen-bond donors (Lipinski definition) is 2. The second kappa shape index (κ2) is 10.8. The summed E-state index contributed by atoms with van der Waals surface area (Å²) in [6, 6.07) is 0. The molecule has 0 bridgehead atoms. The van der Waals surface area contributed by atoms with Gasteiger partial charge in [-0.2, -0.15) is 0 Å². The van der Waals surface area contributed by atoms with E-state index in [2.05, 4.69) is 13.8 Å². The first-order valence-electron chi connectivity index (χ1n) is 6.26. The summed E-state index contributed by atoms with van der Waals surface area (Å²) >= 11 is 0. The van der Waals surface area contributed by atoms with E-state index in [9.17, 15) is 5.11 Å². The molecule has 0 aliphatic heterocycles. The van der Waals surface area contributed by atoms with Crippen LogP contribution in [0, 0.1) is 0 Å². The fourth-order valence-corrected chi connectivity index (χ4v) is 5.08. The third kappa shape index (κ3) is 7.82. The number of rotatable bonds is 10. The average molecular weight is 266 g/mol. The van der Waals surface area contributed by atoms with Crippen molar-refractivity contribution in [3.8, 4) is 0 Å². The molecule has 0 fully saturated rings. The van der Waals surface area contributed by atoms with Gasteiger partial charge in [0.2, 0.25) is 0 Å². The van der Waals surface area contributed by atoms with Gasteiger partial charge in [0, 0.05) is 17.1 Å². The van der Waals surface area contributed by atoms with Crippen molar-refractivity contribution in [1.29, 1.82) is 0 Å². The molecule has 3 atom stereocenters. The van der Waals surface area contributed by atoms with Crippen LogP contribution in [0.25, 0.3) is 0 Å². The lowest BCUT2D eigenvalue weighted by molar-refractivity contribution is 0.188. The first-order valence-corrected chi connectivity index (χ1v) is 8.54. The lowest BCUT2D eigenvalue weighted by Crippen LogP contribution is -2.19. The Labute approximate surface area is 108 Å². The van der Waals surface area contributed by atoms with Crippen LogP contribution in [0.3, 0.4) is 0 Å². The lowest BCUT2D eigenvalue weighted by Gasteiger charge is -2.21. The number of hydrogen-bond acceptors (Lipinski definition) is 4. The maximum atomic E-state index is 9.63. The minimum Gasteiger partial charge on any atom is -0.396 e. The van der Waals surface area contributed by atoms with Crippen molar-refractivity contribution in [3.63, 3.8) is 0 Å². The molecule has 0 saturated heterocycles. The fourth-order valence-electron chi connectivity index (χ4n) is 1.51. The third-order valence-electron chi connectivity index (χ3n) is 2.49. The van der Waals surface area contributed by atoms with Gasteiger partial charge in [0.1, 0.15) is 0 Å². The summed E-state index contributed by atoms with van der Waals surface area (Å²) in [5.41, 5.74) is 0. The normalized spacial score (nSPS) is 17.1. The average Bonchev–Trinajstić information content (AvgIpc) is 2.24. The van der Waals surface area contributed by atoms with Gasteiger partial charge in [-0.1, -0.05) is 48.3 Å². The van der Waals surface area contributed by atoms with Crippen LogP contribution in [0.1, 0.15) is 52.9 Å². The molecule has 0 aromatic rings. The molecular weight excluding hydrogens is 240 g/mol. The molecule has 0 radical (unpaired) electrons. The standard InChI is InChI=1S/C12H26O2S2/c1-4-6-11(8-9-13)15-16-12(7-5-2)10(3)14/h10-14H,4-9H2,1-3H3. The van der Waals surface area contributed by atoms with Crippen molar-refractivity contribution < 1.29 is 10.2 Å². The van der Waals surface area contributed by atoms with E-state index in [1.54, 1.807) is 10.8 Å². The van der Waals surface area contributed by atoms with Gasteiger partial charge in [-0.15, -0.1) is 0 Å². The van der Waals surface area contributed by atoms with Gasteiger partial charge in [-0.25, -0.2) is 0 Å². The lowest BCUT2D eigenvalue weighted by atomic mass is 10.2. The first-order chi connectivity index (χ1) is 7.65. The predicted molar refractivity (Wildman–Crippen MR) is 76.0 cm³/mol. The van der Waals surface area contributed by atoms with Gasteiger partial charge in [0.05, 0.1) is 6.10 Å². The Kier molecular flexibility index (Phi) is 11.2. The minimum absolute atomic E-state index is 0.242. The number of aliphatic hydroxyl groups is 2. The molecule has 4 heteroatoms. The largest absolute Gasteiger partial charge is 0.396 e. The first kappa shape index (κ1) is 16.6. The van der Waals surface area contributed by atoms with Crippen LogP contribution in [-0.2, 0) is 0 Å². The zero-order chi connectivity index (χ0) is 12.4. The summed E-state index contributed by atoms with van der Waals surface area (Å²) in [6.45, 7) is 6.46. The van der Waals surface area contributed by atoms with Gasteiger partial charge in [0.15, 0.2) is 0 Å². The SMILES string of the molecule is CCCC(CCO)SSC(CCC)C(C)O. The molecule has 2 nitrogen and oxygen atoms in total. The highest BCUT2D eigenvalue weighted by Gasteiger charge is 2.17. The Morgan fingerprint density at radius 2 is 1.62 bits per heavy atom. The summed E-state index contributed by atoms with van der Waals surface area (Å²) < 4.78 is 0. The van der Waals surface area contributed by atoms with Crippen LogP contribution in [0.4, 0.5) is 0 Å². The Morgan fingerprint density at radius 1 is 1.00 bits per heavy atom. The van der Waals surface area contributed by atoms with Crippen molar-refractivity contribution >= 4 is 21.6 Å². The van der Waals surface area contributed by atoms with Gasteiger partial charge in [-0.05, 0) is 26.2 Å². The van der Waals surface area contributed by atoms with E-state index < -0.39 is 0 Å². The summed E-state index contributed by atoms with van der Waals surface area (Å²) in [6.07, 6.45) is 5.11. The van der Waals surface area contributed by atoms with Gasteiger partial charge < -0.3 is 10.2 Å². The molecule has 0 amide bonds. The van der Waals surface area contributed by atoms with E-state index in [0.717, 1.165) is 32.1 Å². The molecule has 0 aliphatic carbocycles. The molecule has 0 heterocycles. The Morgan fingerprint density at radius 3 is 2.06 bits per heavy atom. The Balaban J connectivity index is 3.93. The van der Waals surface area contributed by atoms with Crippen molar-refractivity contribution in [3.05, 3.63) is 0 Å². The monoisotopic (exact) mass is 266 g/mol. The molecule has 0 spiro atoms. The summed E-state index contributed by atoms with van der Waals surface area (Å²) in [5.74, 6) is 0. The van der Waals surface area contributed by atoms with Crippen molar-refractivity contribution in [1.82, 2.24) is 0 Å². The second-order valence-corrected chi connectivity index (χ2v) is 6.99. The summed E-state index contributed by atoms with van der Waals surface area (Å²) in [4.78, 5) is 0. The second-order valence-electron chi connectivity index (χ2n) is 4.18. The van der Waals surface area contributed by atoms with Crippen molar-refractivity contribution in [2.24, 2.45) is 0 Å². The zero-order valence-electron chi connectivity index (χ0n) is 10.7. The molecule has 3 unspecified atom stereocenters. The summed E-state index contributed by atoms with van der Waals surface area (Å²) in [5, 5.41) is 19.5. The Bertz CT molecular complexity index is 148. The highest BCUT2D eigenvalue weighted by Crippen LogP contribution is 2.37. The molecule has 16 heavy (non-hydrogen) atoms.